The Morgan fingerprint density at radius 1 is 1.39 bits per heavy atom. The first-order valence-corrected chi connectivity index (χ1v) is 6.20. The number of nitrogens with zero attached hydrogens (tertiary/aromatic N) is 2. The van der Waals surface area contributed by atoms with Crippen LogP contribution in [-0.4, -0.2) is 23.0 Å². The van der Waals surface area contributed by atoms with Crippen LogP contribution in [0, 0.1) is 6.92 Å². The lowest BCUT2D eigenvalue weighted by Gasteiger charge is -2.02. The predicted octanol–water partition coefficient (Wildman–Crippen LogP) is 2.25. The van der Waals surface area contributed by atoms with E-state index in [1.807, 2.05) is 25.3 Å². The highest BCUT2D eigenvalue weighted by Gasteiger charge is 2.09. The van der Waals surface area contributed by atoms with E-state index in [1.54, 1.807) is 0 Å². The molecule has 0 aromatic carbocycles. The van der Waals surface area contributed by atoms with Crippen molar-refractivity contribution in [3.05, 3.63) is 40.7 Å². The van der Waals surface area contributed by atoms with Gasteiger partial charge in [-0.2, -0.15) is 0 Å². The van der Waals surface area contributed by atoms with Crippen molar-refractivity contribution in [1.29, 1.82) is 0 Å². The van der Waals surface area contributed by atoms with Gasteiger partial charge in [0.1, 0.15) is 4.88 Å². The molecule has 6 heteroatoms. The summed E-state index contributed by atoms with van der Waals surface area (Å²) in [5.41, 5.74) is 2.05. The van der Waals surface area contributed by atoms with Crippen molar-refractivity contribution in [2.75, 3.05) is 12.4 Å². The van der Waals surface area contributed by atoms with Gasteiger partial charge in [0, 0.05) is 18.4 Å². The van der Waals surface area contributed by atoms with Crippen molar-refractivity contribution < 1.29 is 9.53 Å². The van der Waals surface area contributed by atoms with Crippen molar-refractivity contribution in [1.82, 2.24) is 9.97 Å². The van der Waals surface area contributed by atoms with Crippen molar-refractivity contribution in [2.24, 2.45) is 0 Å². The molecule has 0 radical (unpaired) electrons. The summed E-state index contributed by atoms with van der Waals surface area (Å²) in [5, 5.41) is 3.83. The summed E-state index contributed by atoms with van der Waals surface area (Å²) in [5.74, 6) is -0.363. The Bertz CT molecular complexity index is 537. The number of carbonyl (C=O) groups is 1. The quantitative estimate of drug-likeness (QED) is 0.857. The molecule has 0 amide bonds. The van der Waals surface area contributed by atoms with Crippen LogP contribution in [0.15, 0.2) is 24.5 Å². The molecular formula is C12H13N3O2S. The number of aryl methyl sites for hydroxylation is 1. The number of methoxy groups -OCH3 is 1. The normalized spacial score (nSPS) is 10.1. The van der Waals surface area contributed by atoms with Gasteiger partial charge in [-0.25, -0.2) is 9.78 Å². The van der Waals surface area contributed by atoms with Crippen LogP contribution in [0.3, 0.4) is 0 Å². The Balaban J connectivity index is 1.96. The van der Waals surface area contributed by atoms with Gasteiger partial charge in [0.25, 0.3) is 0 Å². The zero-order valence-electron chi connectivity index (χ0n) is 10.1. The molecule has 0 aliphatic carbocycles. The summed E-state index contributed by atoms with van der Waals surface area (Å²) in [4.78, 5) is 20.0. The summed E-state index contributed by atoms with van der Waals surface area (Å²) in [6, 6.07) is 3.96. The second-order valence-electron chi connectivity index (χ2n) is 3.68. The van der Waals surface area contributed by atoms with Crippen LogP contribution in [0.4, 0.5) is 5.13 Å². The zero-order chi connectivity index (χ0) is 13.0. The molecule has 0 aliphatic heterocycles. The first-order chi connectivity index (χ1) is 8.69. The van der Waals surface area contributed by atoms with Gasteiger partial charge < -0.3 is 10.1 Å². The van der Waals surface area contributed by atoms with E-state index in [0.717, 1.165) is 11.3 Å². The fraction of sp³-hybridized carbons (Fsp3) is 0.250. The monoisotopic (exact) mass is 263 g/mol. The number of carbonyl (C=O) groups excluding carboxylic acids is 1. The molecule has 0 spiro atoms. The van der Waals surface area contributed by atoms with E-state index in [2.05, 4.69) is 20.0 Å². The minimum atomic E-state index is -0.363. The van der Waals surface area contributed by atoms with E-state index in [-0.39, 0.29) is 5.97 Å². The molecule has 2 rings (SSSR count). The van der Waals surface area contributed by atoms with Gasteiger partial charge >= 0.3 is 5.97 Å². The molecule has 5 nitrogen and oxygen atoms in total. The highest BCUT2D eigenvalue weighted by atomic mass is 32.1. The maximum atomic E-state index is 11.2. The predicted molar refractivity (Wildman–Crippen MR) is 69.8 cm³/mol. The second-order valence-corrected chi connectivity index (χ2v) is 4.71. The molecule has 0 saturated carbocycles. The number of pyridine rings is 1. The number of anilines is 1. The number of hydrogen-bond acceptors (Lipinski definition) is 6. The largest absolute Gasteiger partial charge is 0.465 e. The Hall–Kier alpha value is -1.95. The number of ether oxygens (including phenoxy) is 1. The molecule has 0 atom stereocenters. The van der Waals surface area contributed by atoms with E-state index in [0.29, 0.717) is 16.6 Å². The SMILES string of the molecule is COC(=O)c1cnc(NCc2ccc(C)nc2)s1. The molecule has 0 unspecified atom stereocenters. The molecule has 2 aromatic heterocycles. The first-order valence-electron chi connectivity index (χ1n) is 5.38. The van der Waals surface area contributed by atoms with Gasteiger partial charge in [-0.05, 0) is 18.6 Å². The zero-order valence-corrected chi connectivity index (χ0v) is 11.0. The Kier molecular flexibility index (Phi) is 3.88. The maximum Gasteiger partial charge on any atom is 0.349 e. The van der Waals surface area contributed by atoms with Crippen molar-refractivity contribution >= 4 is 22.4 Å². The summed E-state index contributed by atoms with van der Waals surface area (Å²) in [7, 11) is 1.35. The van der Waals surface area contributed by atoms with Crippen molar-refractivity contribution in [2.45, 2.75) is 13.5 Å². The third-order valence-corrected chi connectivity index (χ3v) is 3.24. The van der Waals surface area contributed by atoms with Crippen LogP contribution in [0.1, 0.15) is 20.9 Å². The third-order valence-electron chi connectivity index (χ3n) is 2.31. The molecular weight excluding hydrogens is 250 g/mol. The fourth-order valence-corrected chi connectivity index (χ4v) is 2.06. The molecule has 18 heavy (non-hydrogen) atoms. The van der Waals surface area contributed by atoms with Crippen LogP contribution in [0.25, 0.3) is 0 Å². The lowest BCUT2D eigenvalue weighted by atomic mass is 10.2. The summed E-state index contributed by atoms with van der Waals surface area (Å²) < 4.78 is 4.62. The van der Waals surface area contributed by atoms with E-state index in [1.165, 1.54) is 24.6 Å². The molecule has 2 heterocycles. The number of thiazole rings is 1. The molecule has 0 saturated heterocycles. The summed E-state index contributed by atoms with van der Waals surface area (Å²) in [6.07, 6.45) is 3.32. The van der Waals surface area contributed by atoms with Gasteiger partial charge in [-0.1, -0.05) is 17.4 Å². The number of aromatic nitrogens is 2. The van der Waals surface area contributed by atoms with Crippen molar-refractivity contribution in [3.8, 4) is 0 Å². The van der Waals surface area contributed by atoms with E-state index < -0.39 is 0 Å². The first kappa shape index (κ1) is 12.5. The molecule has 94 valence electrons. The van der Waals surface area contributed by atoms with Crippen LogP contribution in [-0.2, 0) is 11.3 Å². The highest BCUT2D eigenvalue weighted by Crippen LogP contribution is 2.19. The Labute approximate surface area is 109 Å². The minimum Gasteiger partial charge on any atom is -0.465 e. The fourth-order valence-electron chi connectivity index (χ4n) is 1.33. The lowest BCUT2D eigenvalue weighted by Crippen LogP contribution is -1.99. The van der Waals surface area contributed by atoms with Gasteiger partial charge in [0.15, 0.2) is 5.13 Å². The van der Waals surface area contributed by atoms with Gasteiger partial charge in [0.05, 0.1) is 13.3 Å². The van der Waals surface area contributed by atoms with Crippen LogP contribution in [0.2, 0.25) is 0 Å². The number of esters is 1. The maximum absolute atomic E-state index is 11.2. The molecule has 2 aromatic rings. The standard InChI is InChI=1S/C12H13N3O2S/c1-8-3-4-9(5-13-8)6-14-12-15-7-10(18-12)11(16)17-2/h3-5,7H,6H2,1-2H3,(H,14,15). The molecule has 0 aliphatic rings. The average molecular weight is 263 g/mol. The van der Waals surface area contributed by atoms with Gasteiger partial charge in [0.2, 0.25) is 0 Å². The average Bonchev–Trinajstić information content (AvgIpc) is 2.86. The Morgan fingerprint density at radius 2 is 2.22 bits per heavy atom. The van der Waals surface area contributed by atoms with E-state index in [4.69, 9.17) is 0 Å². The smallest absolute Gasteiger partial charge is 0.349 e. The number of nitrogens with one attached hydrogen (secondary N) is 1. The van der Waals surface area contributed by atoms with Gasteiger partial charge in [-0.15, -0.1) is 0 Å². The topological polar surface area (TPSA) is 64.1 Å². The molecule has 1 N–H and O–H groups in total. The Morgan fingerprint density at radius 3 is 2.89 bits per heavy atom. The van der Waals surface area contributed by atoms with Crippen molar-refractivity contribution in [3.63, 3.8) is 0 Å². The van der Waals surface area contributed by atoms with Gasteiger partial charge in [-0.3, -0.25) is 4.98 Å². The highest BCUT2D eigenvalue weighted by molar-refractivity contribution is 7.17. The number of hydrogen-bond donors (Lipinski definition) is 1. The molecule has 0 bridgehead atoms. The third kappa shape index (κ3) is 3.04. The lowest BCUT2D eigenvalue weighted by molar-refractivity contribution is 0.0606. The van der Waals surface area contributed by atoms with Crippen LogP contribution < -0.4 is 5.32 Å². The van der Waals surface area contributed by atoms with Crippen LogP contribution in [0.5, 0.6) is 0 Å². The number of rotatable bonds is 4. The summed E-state index contributed by atoms with van der Waals surface area (Å²) >= 11 is 1.27. The van der Waals surface area contributed by atoms with E-state index >= 15 is 0 Å². The second kappa shape index (κ2) is 5.59. The van der Waals surface area contributed by atoms with E-state index in [9.17, 15) is 4.79 Å². The minimum absolute atomic E-state index is 0.363. The molecule has 0 fully saturated rings. The summed E-state index contributed by atoms with van der Waals surface area (Å²) in [6.45, 7) is 2.57. The van der Waals surface area contributed by atoms with Crippen LogP contribution >= 0.6 is 11.3 Å².